The van der Waals surface area contributed by atoms with Crippen molar-refractivity contribution in [3.63, 3.8) is 0 Å². The minimum Gasteiger partial charge on any atom is -0.338 e. The third kappa shape index (κ3) is 2.66. The van der Waals surface area contributed by atoms with E-state index in [-0.39, 0.29) is 71.0 Å². The van der Waals surface area contributed by atoms with Gasteiger partial charge in [0.2, 0.25) is 23.6 Å². The van der Waals surface area contributed by atoms with Crippen LogP contribution in [0.15, 0.2) is 66.8 Å². The largest absolute Gasteiger partial charge is 0.338 e. The summed E-state index contributed by atoms with van der Waals surface area (Å²) in [5, 5.41) is 0. The smallest absolute Gasteiger partial charge is 0.238 e. The molecule has 3 heterocycles. The number of aromatic nitrogens is 2. The second-order valence-electron chi connectivity index (χ2n) is 11.9. The number of nitrogens with zero attached hydrogens (tertiary/aromatic N) is 3. The van der Waals surface area contributed by atoms with E-state index < -0.39 is 0 Å². The summed E-state index contributed by atoms with van der Waals surface area (Å²) in [6.45, 7) is 0. The number of hydrogen-bond acceptors (Lipinski definition) is 5. The first-order valence-electron chi connectivity index (χ1n) is 13.7. The lowest BCUT2D eigenvalue weighted by Crippen LogP contribution is -2.32. The number of imide groups is 2. The molecule has 8 heteroatoms. The SMILES string of the molecule is O=C1C2C3C=CC(C3)C2C(=O)N1c1ccc(-c2nc3ccc(N4C(=O)C5C6C=CC(C6)C5C4=O)cc3[nH]2)cc1. The van der Waals surface area contributed by atoms with Crippen LogP contribution < -0.4 is 9.80 Å². The van der Waals surface area contributed by atoms with Crippen molar-refractivity contribution < 1.29 is 19.2 Å². The molecule has 3 aromatic rings. The average molecular weight is 517 g/mol. The number of H-pyrrole nitrogens is 1. The summed E-state index contributed by atoms with van der Waals surface area (Å²) in [4.78, 5) is 63.5. The van der Waals surface area contributed by atoms with Crippen LogP contribution in [0, 0.1) is 47.3 Å². The predicted molar refractivity (Wildman–Crippen MR) is 142 cm³/mol. The number of rotatable bonds is 3. The molecule has 0 spiro atoms. The van der Waals surface area contributed by atoms with Crippen LogP contribution in [0.25, 0.3) is 22.4 Å². The van der Waals surface area contributed by atoms with Crippen molar-refractivity contribution >= 4 is 46.0 Å². The van der Waals surface area contributed by atoms with Gasteiger partial charge < -0.3 is 4.98 Å². The molecule has 8 nitrogen and oxygen atoms in total. The maximum atomic E-state index is 13.2. The van der Waals surface area contributed by atoms with E-state index in [0.717, 1.165) is 29.4 Å². The third-order valence-electron chi connectivity index (χ3n) is 10.1. The molecule has 0 radical (unpaired) electrons. The van der Waals surface area contributed by atoms with E-state index in [9.17, 15) is 19.2 Å². The molecular weight excluding hydrogens is 492 g/mol. The highest BCUT2D eigenvalue weighted by Crippen LogP contribution is 2.54. The van der Waals surface area contributed by atoms with E-state index in [1.807, 2.05) is 24.3 Å². The van der Waals surface area contributed by atoms with Crippen molar-refractivity contribution in [3.8, 4) is 11.4 Å². The summed E-state index contributed by atoms with van der Waals surface area (Å²) in [6, 6.07) is 12.7. The van der Waals surface area contributed by atoms with Gasteiger partial charge in [0.1, 0.15) is 5.82 Å². The lowest BCUT2D eigenvalue weighted by molar-refractivity contribution is -0.124. The molecular formula is C31H24N4O4. The van der Waals surface area contributed by atoms with Crippen LogP contribution in [0.3, 0.4) is 0 Å². The zero-order chi connectivity index (χ0) is 26.2. The normalized spacial score (nSPS) is 35.4. The summed E-state index contributed by atoms with van der Waals surface area (Å²) in [5.41, 5.74) is 3.41. The molecule has 2 aromatic carbocycles. The summed E-state index contributed by atoms with van der Waals surface area (Å²) in [7, 11) is 0. The fourth-order valence-corrected chi connectivity index (χ4v) is 8.36. The second kappa shape index (κ2) is 7.20. The van der Waals surface area contributed by atoms with Crippen molar-refractivity contribution in [1.29, 1.82) is 0 Å². The van der Waals surface area contributed by atoms with Gasteiger partial charge in [-0.05, 0) is 79.0 Å². The molecule has 2 aliphatic heterocycles. The van der Waals surface area contributed by atoms with Crippen LogP contribution in [0.1, 0.15) is 12.8 Å². The van der Waals surface area contributed by atoms with Crippen LogP contribution in [-0.4, -0.2) is 33.6 Å². The number of allylic oxidation sites excluding steroid dienone is 4. The molecule has 1 aromatic heterocycles. The molecule has 192 valence electrons. The van der Waals surface area contributed by atoms with Gasteiger partial charge in [0, 0.05) is 5.56 Å². The summed E-state index contributed by atoms with van der Waals surface area (Å²) in [5.74, 6) is 0.0185. The minimum absolute atomic E-state index is 0.0928. The molecule has 1 N–H and O–H groups in total. The Hall–Kier alpha value is -4.33. The number of carbonyl (C=O) groups is 4. The Bertz CT molecular complexity index is 1660. The molecule has 8 unspecified atom stereocenters. The maximum absolute atomic E-state index is 13.2. The van der Waals surface area contributed by atoms with E-state index in [1.165, 1.54) is 9.80 Å². The summed E-state index contributed by atoms with van der Waals surface area (Å²) >= 11 is 0. The van der Waals surface area contributed by atoms with Crippen molar-refractivity contribution in [1.82, 2.24) is 9.97 Å². The first kappa shape index (κ1) is 21.6. The number of carbonyl (C=O) groups excluding carboxylic acids is 4. The Morgan fingerprint density at radius 1 is 0.615 bits per heavy atom. The lowest BCUT2D eigenvalue weighted by Gasteiger charge is -2.17. The van der Waals surface area contributed by atoms with Crippen LogP contribution in [0.5, 0.6) is 0 Å². The van der Waals surface area contributed by atoms with Crippen molar-refractivity contribution in [2.75, 3.05) is 9.80 Å². The van der Waals surface area contributed by atoms with Crippen LogP contribution in [0.4, 0.5) is 11.4 Å². The van der Waals surface area contributed by atoms with Gasteiger partial charge in [-0.1, -0.05) is 24.3 Å². The van der Waals surface area contributed by atoms with Gasteiger partial charge in [-0.2, -0.15) is 0 Å². The minimum atomic E-state index is -0.237. The molecule has 2 saturated carbocycles. The Morgan fingerprint density at radius 3 is 1.59 bits per heavy atom. The molecule has 4 bridgehead atoms. The fourth-order valence-electron chi connectivity index (χ4n) is 8.36. The fraction of sp³-hybridized carbons (Fsp3) is 0.323. The zero-order valence-electron chi connectivity index (χ0n) is 20.9. The van der Waals surface area contributed by atoms with Gasteiger partial charge in [0.15, 0.2) is 0 Å². The third-order valence-corrected chi connectivity index (χ3v) is 10.1. The molecule has 4 fully saturated rings. The van der Waals surface area contributed by atoms with E-state index in [0.29, 0.717) is 17.2 Å². The van der Waals surface area contributed by atoms with Gasteiger partial charge in [-0.25, -0.2) is 9.88 Å². The predicted octanol–water partition coefficient (Wildman–Crippen LogP) is 3.85. The molecule has 4 amide bonds. The molecule has 39 heavy (non-hydrogen) atoms. The summed E-state index contributed by atoms with van der Waals surface area (Å²) in [6.07, 6.45) is 10.2. The summed E-state index contributed by atoms with van der Waals surface area (Å²) < 4.78 is 0. The highest BCUT2D eigenvalue weighted by atomic mass is 16.2. The number of aromatic amines is 1. The van der Waals surface area contributed by atoms with E-state index in [2.05, 4.69) is 29.3 Å². The van der Waals surface area contributed by atoms with E-state index in [1.54, 1.807) is 18.2 Å². The molecule has 4 aliphatic carbocycles. The monoisotopic (exact) mass is 516 g/mol. The number of imidazole rings is 1. The van der Waals surface area contributed by atoms with Gasteiger partial charge in [0.25, 0.3) is 0 Å². The lowest BCUT2D eigenvalue weighted by atomic mass is 9.85. The molecule has 6 aliphatic rings. The molecule has 2 saturated heterocycles. The maximum Gasteiger partial charge on any atom is 0.238 e. The number of hydrogen-bond donors (Lipinski definition) is 1. The Morgan fingerprint density at radius 2 is 1.08 bits per heavy atom. The number of amides is 4. The number of benzene rings is 2. The van der Waals surface area contributed by atoms with Crippen LogP contribution in [-0.2, 0) is 19.2 Å². The van der Waals surface area contributed by atoms with Crippen molar-refractivity contribution in [2.45, 2.75) is 12.8 Å². The molecule has 9 rings (SSSR count). The molecule has 8 atom stereocenters. The topological polar surface area (TPSA) is 103 Å². The second-order valence-corrected chi connectivity index (χ2v) is 11.9. The van der Waals surface area contributed by atoms with E-state index in [4.69, 9.17) is 4.98 Å². The van der Waals surface area contributed by atoms with Gasteiger partial charge in [-0.15, -0.1) is 0 Å². The first-order chi connectivity index (χ1) is 19.0. The van der Waals surface area contributed by atoms with Gasteiger partial charge >= 0.3 is 0 Å². The van der Waals surface area contributed by atoms with Crippen LogP contribution in [0.2, 0.25) is 0 Å². The van der Waals surface area contributed by atoms with E-state index >= 15 is 0 Å². The van der Waals surface area contributed by atoms with Gasteiger partial charge in [-0.3, -0.25) is 24.1 Å². The highest BCUT2D eigenvalue weighted by molar-refractivity contribution is 6.24. The Balaban J connectivity index is 0.997. The Kier molecular flexibility index (Phi) is 3.98. The van der Waals surface area contributed by atoms with Crippen molar-refractivity contribution in [2.24, 2.45) is 47.3 Å². The Labute approximate surface area is 223 Å². The highest BCUT2D eigenvalue weighted by Gasteiger charge is 2.60. The van der Waals surface area contributed by atoms with Crippen molar-refractivity contribution in [3.05, 3.63) is 66.8 Å². The number of nitrogens with one attached hydrogen (secondary N) is 1. The van der Waals surface area contributed by atoms with Crippen LogP contribution >= 0.6 is 0 Å². The number of anilines is 2. The average Bonchev–Trinajstić information content (AvgIpc) is 3.79. The van der Waals surface area contributed by atoms with Gasteiger partial charge in [0.05, 0.1) is 46.1 Å². The standard InChI is InChI=1S/C31H24N4O4/c36-28-23-15-1-2-16(11-15)24(23)29(37)34(28)19-7-5-14(6-8-19)27-32-21-10-9-20(13-22(21)33-27)35-30(38)25-17-3-4-18(12-17)26(25)31(35)39/h1-10,13,15-18,23-26H,11-12H2,(H,32,33). The first-order valence-corrected chi connectivity index (χ1v) is 13.7. The zero-order valence-corrected chi connectivity index (χ0v) is 20.9. The number of fused-ring (bicyclic) bond motifs is 11. The quantitative estimate of drug-likeness (QED) is 0.421.